The van der Waals surface area contributed by atoms with Crippen LogP contribution in [0.15, 0.2) is 42.5 Å². The first-order valence-corrected chi connectivity index (χ1v) is 7.37. The van der Waals surface area contributed by atoms with E-state index in [-0.39, 0.29) is 0 Å². The first kappa shape index (κ1) is 13.0. The molecule has 0 radical (unpaired) electrons. The maximum absolute atomic E-state index is 4.75. The van der Waals surface area contributed by atoms with Gasteiger partial charge in [0.05, 0.1) is 0 Å². The van der Waals surface area contributed by atoms with E-state index < -0.39 is 0 Å². The quantitative estimate of drug-likeness (QED) is 0.911. The van der Waals surface area contributed by atoms with E-state index in [0.717, 1.165) is 24.6 Å². The lowest BCUT2D eigenvalue weighted by Crippen LogP contribution is -2.33. The molecule has 0 fully saturated rings. The Bertz CT molecular complexity index is 594. The van der Waals surface area contributed by atoms with Crippen molar-refractivity contribution in [2.75, 3.05) is 16.8 Å². The van der Waals surface area contributed by atoms with Crippen LogP contribution in [0.5, 0.6) is 0 Å². The van der Waals surface area contributed by atoms with Crippen LogP contribution in [0, 0.1) is 0 Å². The van der Waals surface area contributed by atoms with Gasteiger partial charge in [-0.05, 0) is 50.5 Å². The third kappa shape index (κ3) is 2.36. The zero-order chi connectivity index (χ0) is 13.9. The minimum absolute atomic E-state index is 0.481. The first-order valence-electron chi connectivity index (χ1n) is 7.37. The Balaban J connectivity index is 2.02. The number of benzene rings is 1. The molecule has 0 spiro atoms. The molecule has 104 valence electrons. The molecule has 3 nitrogen and oxygen atoms in total. The highest BCUT2D eigenvalue weighted by Gasteiger charge is 2.24. The second kappa shape index (κ2) is 5.53. The van der Waals surface area contributed by atoms with Crippen molar-refractivity contribution in [1.82, 2.24) is 4.98 Å². The summed E-state index contributed by atoms with van der Waals surface area (Å²) < 4.78 is 0. The Labute approximate surface area is 120 Å². The van der Waals surface area contributed by atoms with Crippen molar-refractivity contribution in [2.45, 2.75) is 32.7 Å². The number of para-hydroxylation sites is 1. The maximum Gasteiger partial charge on any atom is 0.135 e. The molecule has 1 aromatic heterocycles. The maximum atomic E-state index is 4.75. The molecule has 1 aromatic carbocycles. The molecule has 1 unspecified atom stereocenters. The van der Waals surface area contributed by atoms with E-state index in [0.29, 0.717) is 6.04 Å². The highest BCUT2D eigenvalue weighted by molar-refractivity contribution is 5.67. The molecule has 2 aromatic rings. The molecule has 0 bridgehead atoms. The van der Waals surface area contributed by atoms with E-state index in [1.165, 1.54) is 17.7 Å². The van der Waals surface area contributed by atoms with E-state index in [9.17, 15) is 0 Å². The standard InChI is InChI=1S/C17H21N3/c1-3-18-16-9-6-10-17(19-16)20-13(2)11-12-14-7-4-5-8-15(14)20/h4-10,13H,3,11-12H2,1-2H3,(H,18,19). The molecule has 2 heterocycles. The summed E-state index contributed by atoms with van der Waals surface area (Å²) >= 11 is 0. The lowest BCUT2D eigenvalue weighted by Gasteiger charge is -2.36. The Kier molecular flexibility index (Phi) is 3.59. The second-order valence-corrected chi connectivity index (χ2v) is 5.30. The minimum Gasteiger partial charge on any atom is -0.370 e. The van der Waals surface area contributed by atoms with Crippen molar-refractivity contribution in [3.8, 4) is 0 Å². The van der Waals surface area contributed by atoms with Gasteiger partial charge in [0.15, 0.2) is 0 Å². The van der Waals surface area contributed by atoms with Crippen molar-refractivity contribution < 1.29 is 0 Å². The van der Waals surface area contributed by atoms with Gasteiger partial charge in [-0.3, -0.25) is 0 Å². The van der Waals surface area contributed by atoms with Gasteiger partial charge in [-0.15, -0.1) is 0 Å². The molecule has 20 heavy (non-hydrogen) atoms. The fourth-order valence-corrected chi connectivity index (χ4v) is 2.87. The van der Waals surface area contributed by atoms with Gasteiger partial charge < -0.3 is 10.2 Å². The van der Waals surface area contributed by atoms with Gasteiger partial charge in [-0.1, -0.05) is 24.3 Å². The lowest BCUT2D eigenvalue weighted by atomic mass is 9.96. The fourth-order valence-electron chi connectivity index (χ4n) is 2.87. The van der Waals surface area contributed by atoms with Crippen LogP contribution in [0.2, 0.25) is 0 Å². The molecule has 0 amide bonds. The van der Waals surface area contributed by atoms with Gasteiger partial charge in [0.1, 0.15) is 11.6 Å². The van der Waals surface area contributed by atoms with E-state index >= 15 is 0 Å². The number of rotatable bonds is 3. The number of anilines is 3. The number of fused-ring (bicyclic) bond motifs is 1. The van der Waals surface area contributed by atoms with Crippen LogP contribution in [0.4, 0.5) is 17.3 Å². The molecule has 0 saturated heterocycles. The van der Waals surface area contributed by atoms with Crippen LogP contribution >= 0.6 is 0 Å². The number of hydrogen-bond acceptors (Lipinski definition) is 3. The molecule has 1 N–H and O–H groups in total. The minimum atomic E-state index is 0.481. The highest BCUT2D eigenvalue weighted by Crippen LogP contribution is 2.35. The number of nitrogens with zero attached hydrogens (tertiary/aromatic N) is 2. The summed E-state index contributed by atoms with van der Waals surface area (Å²) in [6.45, 7) is 5.26. The van der Waals surface area contributed by atoms with E-state index in [1.807, 2.05) is 6.07 Å². The van der Waals surface area contributed by atoms with E-state index in [4.69, 9.17) is 4.98 Å². The molecular weight excluding hydrogens is 246 g/mol. The number of pyridine rings is 1. The van der Waals surface area contributed by atoms with Gasteiger partial charge in [-0.25, -0.2) is 4.98 Å². The molecule has 0 aliphatic carbocycles. The van der Waals surface area contributed by atoms with Gasteiger partial charge in [0, 0.05) is 18.3 Å². The van der Waals surface area contributed by atoms with Gasteiger partial charge in [0.2, 0.25) is 0 Å². The van der Waals surface area contributed by atoms with Crippen molar-refractivity contribution in [3.63, 3.8) is 0 Å². The van der Waals surface area contributed by atoms with Crippen LogP contribution in [-0.2, 0) is 6.42 Å². The molecule has 0 saturated carbocycles. The second-order valence-electron chi connectivity index (χ2n) is 5.30. The van der Waals surface area contributed by atoms with Crippen molar-refractivity contribution in [3.05, 3.63) is 48.0 Å². The largest absolute Gasteiger partial charge is 0.370 e. The molecule has 3 heteroatoms. The van der Waals surface area contributed by atoms with Gasteiger partial charge in [0.25, 0.3) is 0 Å². The van der Waals surface area contributed by atoms with Crippen LogP contribution in [0.1, 0.15) is 25.8 Å². The Hall–Kier alpha value is -2.03. The first-order chi connectivity index (χ1) is 9.79. The van der Waals surface area contributed by atoms with Gasteiger partial charge in [-0.2, -0.15) is 0 Å². The van der Waals surface area contributed by atoms with Crippen LogP contribution in [-0.4, -0.2) is 17.6 Å². The van der Waals surface area contributed by atoms with Crippen molar-refractivity contribution in [2.24, 2.45) is 0 Å². The average molecular weight is 267 g/mol. The number of aryl methyl sites for hydroxylation is 1. The molecule has 1 aliphatic heterocycles. The van der Waals surface area contributed by atoms with E-state index in [1.54, 1.807) is 0 Å². The highest BCUT2D eigenvalue weighted by atomic mass is 15.2. The summed E-state index contributed by atoms with van der Waals surface area (Å²) in [5.74, 6) is 1.98. The third-order valence-electron chi connectivity index (χ3n) is 3.86. The summed E-state index contributed by atoms with van der Waals surface area (Å²) in [7, 11) is 0. The van der Waals surface area contributed by atoms with Gasteiger partial charge >= 0.3 is 0 Å². The smallest absolute Gasteiger partial charge is 0.135 e. The summed E-state index contributed by atoms with van der Waals surface area (Å²) in [5.41, 5.74) is 2.72. The predicted molar refractivity (Wildman–Crippen MR) is 84.8 cm³/mol. The topological polar surface area (TPSA) is 28.2 Å². The summed E-state index contributed by atoms with van der Waals surface area (Å²) in [6.07, 6.45) is 2.32. The molecule has 3 rings (SSSR count). The summed E-state index contributed by atoms with van der Waals surface area (Å²) in [4.78, 5) is 7.11. The Morgan fingerprint density at radius 2 is 2.05 bits per heavy atom. The van der Waals surface area contributed by atoms with Crippen molar-refractivity contribution in [1.29, 1.82) is 0 Å². The third-order valence-corrected chi connectivity index (χ3v) is 3.86. The Morgan fingerprint density at radius 3 is 2.90 bits per heavy atom. The number of nitrogens with one attached hydrogen (secondary N) is 1. The monoisotopic (exact) mass is 267 g/mol. The summed E-state index contributed by atoms with van der Waals surface area (Å²) in [6, 6.07) is 15.3. The zero-order valence-corrected chi connectivity index (χ0v) is 12.1. The summed E-state index contributed by atoms with van der Waals surface area (Å²) in [5, 5.41) is 3.29. The SMILES string of the molecule is CCNc1cccc(N2c3ccccc3CCC2C)n1. The predicted octanol–water partition coefficient (Wildman–Crippen LogP) is 3.99. The molecule has 1 aliphatic rings. The lowest BCUT2D eigenvalue weighted by molar-refractivity contribution is 0.613. The number of aromatic nitrogens is 1. The van der Waals surface area contributed by atoms with E-state index in [2.05, 4.69) is 60.5 Å². The zero-order valence-electron chi connectivity index (χ0n) is 12.1. The Morgan fingerprint density at radius 1 is 1.20 bits per heavy atom. The van der Waals surface area contributed by atoms with Crippen LogP contribution < -0.4 is 10.2 Å². The molecule has 1 atom stereocenters. The fraction of sp³-hybridized carbons (Fsp3) is 0.353. The van der Waals surface area contributed by atoms with Crippen LogP contribution in [0.25, 0.3) is 0 Å². The number of hydrogen-bond donors (Lipinski definition) is 1. The van der Waals surface area contributed by atoms with Crippen molar-refractivity contribution >= 4 is 17.3 Å². The average Bonchev–Trinajstić information content (AvgIpc) is 2.48. The van der Waals surface area contributed by atoms with Crippen LogP contribution in [0.3, 0.4) is 0 Å². The molecular formula is C17H21N3. The normalized spacial score (nSPS) is 17.7.